The molecule has 0 heterocycles. The van der Waals surface area contributed by atoms with Gasteiger partial charge in [0.2, 0.25) is 0 Å². The van der Waals surface area contributed by atoms with Crippen molar-refractivity contribution < 1.29 is 66.9 Å². The quantitative estimate of drug-likeness (QED) is 0.366. The number of rotatable bonds is 5. The van der Waals surface area contributed by atoms with E-state index in [4.69, 9.17) is 35.4 Å². The fraction of sp³-hybridized carbons (Fsp3) is 0.429. The molecular formula is C7H8CuO10. The zero-order valence-electron chi connectivity index (χ0n) is 8.45. The summed E-state index contributed by atoms with van der Waals surface area (Å²) in [5, 5.41) is 50.5. The molecule has 10 nitrogen and oxygen atoms in total. The minimum atomic E-state index is -2.74. The molecular weight excluding hydrogens is 308 g/mol. The van der Waals surface area contributed by atoms with Crippen LogP contribution in [-0.4, -0.2) is 50.1 Å². The average Bonchev–Trinajstić information content (AvgIpc) is 1.98. The first-order valence-electron chi connectivity index (χ1n) is 3.78. The van der Waals surface area contributed by atoms with E-state index in [9.17, 15) is 14.4 Å². The number of aliphatic hydroxyl groups is 1. The summed E-state index contributed by atoms with van der Waals surface area (Å²) in [6.45, 7) is 0. The molecule has 0 aromatic rings. The van der Waals surface area contributed by atoms with E-state index in [1.165, 1.54) is 0 Å². The van der Waals surface area contributed by atoms with Gasteiger partial charge in [-0.15, -0.1) is 0 Å². The molecule has 0 atom stereocenters. The number of aliphatic carboxylic acids is 3. The van der Waals surface area contributed by atoms with Crippen molar-refractivity contribution in [3.63, 3.8) is 0 Å². The topological polar surface area (TPSA) is 195 Å². The van der Waals surface area contributed by atoms with Crippen LogP contribution in [0.4, 0.5) is 4.79 Å². The second-order valence-corrected chi connectivity index (χ2v) is 2.73. The molecule has 1 radical (unpaired) electrons. The molecule has 4 N–H and O–H groups in total. The molecule has 0 aliphatic heterocycles. The summed E-state index contributed by atoms with van der Waals surface area (Å²) in [6.07, 6.45) is -4.62. The van der Waals surface area contributed by atoms with Crippen molar-refractivity contribution in [3.05, 3.63) is 0 Å². The van der Waals surface area contributed by atoms with E-state index in [1.54, 1.807) is 0 Å². The molecule has 0 bridgehead atoms. The summed E-state index contributed by atoms with van der Waals surface area (Å²) in [4.78, 5) is 38.8. The molecule has 0 aromatic heterocycles. The fourth-order valence-corrected chi connectivity index (χ4v) is 0.714. The van der Waals surface area contributed by atoms with Gasteiger partial charge >= 0.3 is 35.0 Å². The predicted octanol–water partition coefficient (Wildman–Crippen LogP) is -3.70. The first kappa shape index (κ1) is 21.4. The van der Waals surface area contributed by atoms with Gasteiger partial charge in [0.05, 0.1) is 12.8 Å². The van der Waals surface area contributed by atoms with Gasteiger partial charge in [-0.25, -0.2) is 4.79 Å². The van der Waals surface area contributed by atoms with E-state index in [0.717, 1.165) is 0 Å². The first-order valence-corrected chi connectivity index (χ1v) is 3.78. The van der Waals surface area contributed by atoms with E-state index >= 15 is 0 Å². The fourth-order valence-electron chi connectivity index (χ4n) is 0.714. The van der Waals surface area contributed by atoms with Crippen molar-refractivity contribution in [2.75, 3.05) is 0 Å². The number of carbonyl (C=O) groups is 4. The number of hydrogen-bond acceptors (Lipinski definition) is 7. The first-order chi connectivity index (χ1) is 7.51. The Labute approximate surface area is 110 Å². The molecule has 18 heavy (non-hydrogen) atoms. The molecule has 107 valence electrons. The molecule has 0 saturated heterocycles. The Hall–Kier alpha value is -1.84. The van der Waals surface area contributed by atoms with Crippen molar-refractivity contribution in [2.24, 2.45) is 0 Å². The Morgan fingerprint density at radius 3 is 1.22 bits per heavy atom. The van der Waals surface area contributed by atoms with Gasteiger partial charge in [0.25, 0.3) is 0 Å². The largest absolute Gasteiger partial charge is 2.00 e. The van der Waals surface area contributed by atoms with Crippen molar-refractivity contribution >= 4 is 24.1 Å². The standard InChI is InChI=1S/C6H8O7.CH2O3.Cu/c7-3(8)1-6(13,5(11)12)2-4(9)10;2-1(3)4;/h13H,1-2H2,(H,7,8)(H,9,10)(H,11,12);(H2,2,3,4);/q;;+2/p-2. The maximum atomic E-state index is 10.3. The van der Waals surface area contributed by atoms with Crippen LogP contribution in [0, 0.1) is 0 Å². The smallest absolute Gasteiger partial charge is 0.652 e. The zero-order chi connectivity index (χ0) is 14.2. The molecule has 0 unspecified atom stereocenters. The minimum absolute atomic E-state index is 0. The Kier molecular flexibility index (Phi) is 11.0. The summed E-state index contributed by atoms with van der Waals surface area (Å²) in [6, 6.07) is 0. The van der Waals surface area contributed by atoms with Crippen LogP contribution >= 0.6 is 0 Å². The number of carbonyl (C=O) groups excluding carboxylic acids is 1. The van der Waals surface area contributed by atoms with Crippen LogP contribution in [0.5, 0.6) is 0 Å². The van der Waals surface area contributed by atoms with Gasteiger partial charge in [-0.1, -0.05) is 0 Å². The average molecular weight is 316 g/mol. The van der Waals surface area contributed by atoms with Gasteiger partial charge in [0, 0.05) is 0 Å². The van der Waals surface area contributed by atoms with Crippen molar-refractivity contribution in [2.45, 2.75) is 18.4 Å². The van der Waals surface area contributed by atoms with E-state index in [1.807, 2.05) is 0 Å². The van der Waals surface area contributed by atoms with Gasteiger partial charge in [0.15, 0.2) is 5.60 Å². The summed E-state index contributed by atoms with van der Waals surface area (Å²) >= 11 is 0. The van der Waals surface area contributed by atoms with Gasteiger partial charge < -0.3 is 35.4 Å². The third-order valence-corrected chi connectivity index (χ3v) is 1.29. The van der Waals surface area contributed by atoms with Crippen LogP contribution in [0.2, 0.25) is 0 Å². The summed E-state index contributed by atoms with van der Waals surface area (Å²) in [5.74, 6) is -5.02. The van der Waals surface area contributed by atoms with Gasteiger partial charge in [-0.05, 0) is 6.16 Å². The molecule has 11 heteroatoms. The molecule has 0 spiro atoms. The molecule has 0 rings (SSSR count). The van der Waals surface area contributed by atoms with E-state index in [-0.39, 0.29) is 17.1 Å². The monoisotopic (exact) mass is 315 g/mol. The molecule has 0 fully saturated rings. The maximum Gasteiger partial charge on any atom is 2.00 e. The molecule has 0 amide bonds. The third kappa shape index (κ3) is 12.2. The third-order valence-electron chi connectivity index (χ3n) is 1.29. The van der Waals surface area contributed by atoms with Crippen LogP contribution < -0.4 is 10.2 Å². The summed E-state index contributed by atoms with van der Waals surface area (Å²) in [5.41, 5.74) is -2.74. The Morgan fingerprint density at radius 1 is 0.889 bits per heavy atom. The van der Waals surface area contributed by atoms with E-state index in [0.29, 0.717) is 0 Å². The number of hydrogen-bond donors (Lipinski definition) is 4. The zero-order valence-corrected chi connectivity index (χ0v) is 9.40. The number of carboxylic acid groups (broad SMARTS) is 5. The van der Waals surface area contributed by atoms with Crippen LogP contribution in [0.25, 0.3) is 0 Å². The molecule has 0 aromatic carbocycles. The minimum Gasteiger partial charge on any atom is -0.652 e. The van der Waals surface area contributed by atoms with Gasteiger partial charge in [-0.2, -0.15) is 0 Å². The Morgan fingerprint density at radius 2 is 1.11 bits per heavy atom. The van der Waals surface area contributed by atoms with E-state index < -0.39 is 42.5 Å². The van der Waals surface area contributed by atoms with Crippen LogP contribution in [0.1, 0.15) is 12.8 Å². The van der Waals surface area contributed by atoms with Crippen LogP contribution in [0.15, 0.2) is 0 Å². The normalized spacial score (nSPS) is 9.17. The number of carboxylic acids is 3. The van der Waals surface area contributed by atoms with Crippen molar-refractivity contribution in [3.8, 4) is 0 Å². The molecule has 0 aliphatic carbocycles. The van der Waals surface area contributed by atoms with Crippen molar-refractivity contribution in [1.82, 2.24) is 0 Å². The maximum absolute atomic E-state index is 10.3. The van der Waals surface area contributed by atoms with Crippen molar-refractivity contribution in [1.29, 1.82) is 0 Å². The van der Waals surface area contributed by atoms with E-state index in [2.05, 4.69) is 0 Å². The SMILES string of the molecule is O=C(O)CC(O)(CC(=O)O)C(=O)O.O=C([O-])[O-].[Cu+2]. The predicted molar refractivity (Wildman–Crippen MR) is 42.5 cm³/mol. The van der Waals surface area contributed by atoms with Crippen LogP contribution in [0.3, 0.4) is 0 Å². The van der Waals surface area contributed by atoms with Crippen LogP contribution in [-0.2, 0) is 31.5 Å². The Balaban J connectivity index is -0.000000392. The summed E-state index contributed by atoms with van der Waals surface area (Å²) in [7, 11) is 0. The van der Waals surface area contributed by atoms with Gasteiger partial charge in [-0.3, -0.25) is 9.59 Å². The summed E-state index contributed by atoms with van der Waals surface area (Å²) < 4.78 is 0. The molecule has 0 aliphatic rings. The second kappa shape index (κ2) is 9.22. The molecule has 0 saturated carbocycles. The second-order valence-electron chi connectivity index (χ2n) is 2.73. The Bertz CT molecular complexity index is 304. The van der Waals surface area contributed by atoms with Gasteiger partial charge in [0.1, 0.15) is 0 Å².